The van der Waals surface area contributed by atoms with Crippen LogP contribution >= 0.6 is 0 Å². The number of rotatable bonds is 4. The number of hydrogen-bond acceptors (Lipinski definition) is 1. The van der Waals surface area contributed by atoms with Crippen molar-refractivity contribution >= 4 is 5.69 Å². The lowest BCUT2D eigenvalue weighted by Gasteiger charge is -2.24. The molecule has 0 aromatic heterocycles. The van der Waals surface area contributed by atoms with E-state index in [1.54, 1.807) is 11.1 Å². The molecule has 0 amide bonds. The maximum absolute atomic E-state index is 3.77. The fourth-order valence-electron chi connectivity index (χ4n) is 3.21. The van der Waals surface area contributed by atoms with Gasteiger partial charge in [-0.25, -0.2) is 0 Å². The highest BCUT2D eigenvalue weighted by Gasteiger charge is 2.15. The van der Waals surface area contributed by atoms with Gasteiger partial charge >= 0.3 is 0 Å². The Balaban J connectivity index is 1.87. The highest BCUT2D eigenvalue weighted by atomic mass is 14.9. The van der Waals surface area contributed by atoms with Crippen LogP contribution in [-0.4, -0.2) is 0 Å². The molecule has 0 spiro atoms. The molecule has 1 aliphatic carbocycles. The van der Waals surface area contributed by atoms with E-state index in [-0.39, 0.29) is 0 Å². The van der Waals surface area contributed by atoms with E-state index in [0.29, 0.717) is 6.04 Å². The Morgan fingerprint density at radius 2 is 1.75 bits per heavy atom. The molecule has 0 saturated heterocycles. The average molecular weight is 265 g/mol. The smallest absolute Gasteiger partial charge is 0.0511 e. The van der Waals surface area contributed by atoms with Crippen LogP contribution in [-0.2, 0) is 12.8 Å². The SMILES string of the molecule is CCC(Nc1cccc2c1CCCC2)c1ccccc1. The molecule has 0 fully saturated rings. The van der Waals surface area contributed by atoms with Crippen molar-refractivity contribution in [3.63, 3.8) is 0 Å². The van der Waals surface area contributed by atoms with Crippen LogP contribution in [0.15, 0.2) is 48.5 Å². The van der Waals surface area contributed by atoms with Crippen LogP contribution in [0.1, 0.15) is 48.9 Å². The van der Waals surface area contributed by atoms with Crippen molar-refractivity contribution in [2.24, 2.45) is 0 Å². The number of nitrogens with one attached hydrogen (secondary N) is 1. The zero-order valence-electron chi connectivity index (χ0n) is 12.2. The first-order chi connectivity index (χ1) is 9.88. The minimum atomic E-state index is 0.407. The number of fused-ring (bicyclic) bond motifs is 1. The molecule has 0 radical (unpaired) electrons. The molecule has 20 heavy (non-hydrogen) atoms. The van der Waals surface area contributed by atoms with Gasteiger partial charge in [-0.3, -0.25) is 0 Å². The second kappa shape index (κ2) is 6.13. The normalized spacial score (nSPS) is 15.4. The van der Waals surface area contributed by atoms with Gasteiger partial charge in [0.15, 0.2) is 0 Å². The van der Waals surface area contributed by atoms with Crippen molar-refractivity contribution in [1.82, 2.24) is 0 Å². The highest BCUT2D eigenvalue weighted by molar-refractivity contribution is 5.56. The van der Waals surface area contributed by atoms with Gasteiger partial charge in [-0.15, -0.1) is 0 Å². The molecule has 2 aromatic rings. The maximum Gasteiger partial charge on any atom is 0.0511 e. The fourth-order valence-corrected chi connectivity index (χ4v) is 3.21. The molecule has 1 aliphatic rings. The topological polar surface area (TPSA) is 12.0 Å². The predicted octanol–water partition coefficient (Wildman–Crippen LogP) is 5.13. The largest absolute Gasteiger partial charge is 0.378 e. The van der Waals surface area contributed by atoms with Crippen LogP contribution in [0.25, 0.3) is 0 Å². The van der Waals surface area contributed by atoms with Gasteiger partial charge in [-0.2, -0.15) is 0 Å². The molecule has 1 nitrogen and oxygen atoms in total. The van der Waals surface area contributed by atoms with Crippen molar-refractivity contribution in [3.05, 3.63) is 65.2 Å². The first-order valence-electron chi connectivity index (χ1n) is 7.80. The number of anilines is 1. The first-order valence-corrected chi connectivity index (χ1v) is 7.80. The lowest BCUT2D eigenvalue weighted by atomic mass is 9.90. The Morgan fingerprint density at radius 3 is 2.55 bits per heavy atom. The highest BCUT2D eigenvalue weighted by Crippen LogP contribution is 2.31. The number of hydrogen-bond donors (Lipinski definition) is 1. The zero-order valence-corrected chi connectivity index (χ0v) is 12.2. The van der Waals surface area contributed by atoms with Gasteiger partial charge < -0.3 is 5.32 Å². The van der Waals surface area contributed by atoms with Crippen molar-refractivity contribution in [3.8, 4) is 0 Å². The third-order valence-corrected chi connectivity index (χ3v) is 4.34. The molecule has 1 heteroatoms. The van der Waals surface area contributed by atoms with E-state index in [1.165, 1.54) is 36.9 Å². The van der Waals surface area contributed by atoms with Crippen molar-refractivity contribution in [1.29, 1.82) is 0 Å². The van der Waals surface area contributed by atoms with E-state index in [1.807, 2.05) is 0 Å². The minimum absolute atomic E-state index is 0.407. The summed E-state index contributed by atoms with van der Waals surface area (Å²) in [6.07, 6.45) is 6.24. The molecule has 104 valence electrons. The summed E-state index contributed by atoms with van der Waals surface area (Å²) < 4.78 is 0. The number of aryl methyl sites for hydroxylation is 1. The minimum Gasteiger partial charge on any atom is -0.378 e. The summed E-state index contributed by atoms with van der Waals surface area (Å²) in [6, 6.07) is 17.9. The zero-order chi connectivity index (χ0) is 13.8. The van der Waals surface area contributed by atoms with Crippen molar-refractivity contribution in [2.75, 3.05) is 5.32 Å². The van der Waals surface area contributed by atoms with Crippen LogP contribution in [0, 0.1) is 0 Å². The summed E-state index contributed by atoms with van der Waals surface area (Å²) in [4.78, 5) is 0. The Bertz CT molecular complexity index is 559. The van der Waals surface area contributed by atoms with Gasteiger partial charge in [0, 0.05) is 5.69 Å². The average Bonchev–Trinajstić information content (AvgIpc) is 2.53. The first kappa shape index (κ1) is 13.2. The molecule has 0 aliphatic heterocycles. The van der Waals surface area contributed by atoms with Crippen molar-refractivity contribution in [2.45, 2.75) is 45.1 Å². The van der Waals surface area contributed by atoms with Gasteiger partial charge in [0.05, 0.1) is 6.04 Å². The molecule has 1 N–H and O–H groups in total. The fraction of sp³-hybridized carbons (Fsp3) is 0.368. The van der Waals surface area contributed by atoms with Gasteiger partial charge in [-0.1, -0.05) is 49.4 Å². The monoisotopic (exact) mass is 265 g/mol. The second-order valence-electron chi connectivity index (χ2n) is 5.67. The Labute approximate surface area is 122 Å². The Kier molecular flexibility index (Phi) is 4.05. The molecule has 0 saturated carbocycles. The third kappa shape index (κ3) is 2.72. The summed E-state index contributed by atoms with van der Waals surface area (Å²) >= 11 is 0. The van der Waals surface area contributed by atoms with Crippen LogP contribution in [0.2, 0.25) is 0 Å². The van der Waals surface area contributed by atoms with Gasteiger partial charge in [0.25, 0.3) is 0 Å². The third-order valence-electron chi connectivity index (χ3n) is 4.34. The quantitative estimate of drug-likeness (QED) is 0.808. The van der Waals surface area contributed by atoms with Crippen LogP contribution in [0.3, 0.4) is 0 Å². The lowest BCUT2D eigenvalue weighted by Crippen LogP contribution is -2.13. The molecular weight excluding hydrogens is 242 g/mol. The van der Waals surface area contributed by atoms with Crippen LogP contribution < -0.4 is 5.32 Å². The molecule has 0 bridgehead atoms. The van der Waals surface area contributed by atoms with Gasteiger partial charge in [0.1, 0.15) is 0 Å². The Morgan fingerprint density at radius 1 is 0.950 bits per heavy atom. The molecule has 1 unspecified atom stereocenters. The van der Waals surface area contributed by atoms with E-state index in [4.69, 9.17) is 0 Å². The summed E-state index contributed by atoms with van der Waals surface area (Å²) in [6.45, 7) is 2.25. The standard InChI is InChI=1S/C19H23N/c1-2-18(16-10-4-3-5-11-16)20-19-14-8-12-15-9-6-7-13-17(15)19/h3-5,8,10-12,14,18,20H,2,6-7,9,13H2,1H3. The molecule has 3 rings (SSSR count). The number of benzene rings is 2. The van der Waals surface area contributed by atoms with E-state index in [2.05, 4.69) is 60.8 Å². The van der Waals surface area contributed by atoms with Gasteiger partial charge in [0.2, 0.25) is 0 Å². The van der Waals surface area contributed by atoms with Crippen LogP contribution in [0.5, 0.6) is 0 Å². The van der Waals surface area contributed by atoms with E-state index < -0.39 is 0 Å². The van der Waals surface area contributed by atoms with Crippen LogP contribution in [0.4, 0.5) is 5.69 Å². The summed E-state index contributed by atoms with van der Waals surface area (Å²) in [7, 11) is 0. The predicted molar refractivity (Wildman–Crippen MR) is 86.2 cm³/mol. The second-order valence-corrected chi connectivity index (χ2v) is 5.67. The molecule has 0 heterocycles. The lowest BCUT2D eigenvalue weighted by molar-refractivity contribution is 0.681. The van der Waals surface area contributed by atoms with Crippen molar-refractivity contribution < 1.29 is 0 Å². The van der Waals surface area contributed by atoms with E-state index in [9.17, 15) is 0 Å². The summed E-state index contributed by atoms with van der Waals surface area (Å²) in [5.74, 6) is 0. The molecular formula is C19H23N. The Hall–Kier alpha value is -1.76. The maximum atomic E-state index is 3.77. The molecule has 1 atom stereocenters. The van der Waals surface area contributed by atoms with E-state index >= 15 is 0 Å². The molecule has 2 aromatic carbocycles. The van der Waals surface area contributed by atoms with E-state index in [0.717, 1.165) is 6.42 Å². The summed E-state index contributed by atoms with van der Waals surface area (Å²) in [5, 5.41) is 3.77. The van der Waals surface area contributed by atoms with Gasteiger partial charge in [-0.05, 0) is 54.9 Å². The summed E-state index contributed by atoms with van der Waals surface area (Å²) in [5.41, 5.74) is 5.82.